The second-order valence-electron chi connectivity index (χ2n) is 6.11. The van der Waals surface area contributed by atoms with Crippen LogP contribution in [-0.4, -0.2) is 15.7 Å². The van der Waals surface area contributed by atoms with Gasteiger partial charge in [-0.15, -0.1) is 0 Å². The SMILES string of the molecule is Cc1cccc(C(C)NC(=O)c2ccc(Cn3cc(Br)cn3)o2)c1C. The van der Waals surface area contributed by atoms with Gasteiger partial charge in [-0.1, -0.05) is 18.2 Å². The fourth-order valence-electron chi connectivity index (χ4n) is 2.76. The van der Waals surface area contributed by atoms with Crippen LogP contribution in [-0.2, 0) is 6.54 Å². The van der Waals surface area contributed by atoms with Crippen molar-refractivity contribution in [3.8, 4) is 0 Å². The zero-order valence-corrected chi connectivity index (χ0v) is 16.0. The molecule has 0 spiro atoms. The first-order valence-electron chi connectivity index (χ1n) is 8.07. The summed E-state index contributed by atoms with van der Waals surface area (Å²) in [6, 6.07) is 9.51. The number of halogens is 1. The van der Waals surface area contributed by atoms with Crippen molar-refractivity contribution in [1.82, 2.24) is 15.1 Å². The van der Waals surface area contributed by atoms with Crippen LogP contribution in [0.1, 0.15) is 46.0 Å². The summed E-state index contributed by atoms with van der Waals surface area (Å²) < 4.78 is 8.30. The van der Waals surface area contributed by atoms with Crippen molar-refractivity contribution < 1.29 is 9.21 Å². The second-order valence-corrected chi connectivity index (χ2v) is 7.02. The number of nitrogens with zero attached hydrogens (tertiary/aromatic N) is 2. The fourth-order valence-corrected chi connectivity index (χ4v) is 3.09. The van der Waals surface area contributed by atoms with Gasteiger partial charge in [-0.25, -0.2) is 0 Å². The van der Waals surface area contributed by atoms with Crippen molar-refractivity contribution in [2.75, 3.05) is 0 Å². The van der Waals surface area contributed by atoms with E-state index in [2.05, 4.69) is 46.3 Å². The maximum atomic E-state index is 12.5. The summed E-state index contributed by atoms with van der Waals surface area (Å²) >= 11 is 3.36. The first-order chi connectivity index (χ1) is 11.9. The summed E-state index contributed by atoms with van der Waals surface area (Å²) in [7, 11) is 0. The van der Waals surface area contributed by atoms with E-state index in [-0.39, 0.29) is 11.9 Å². The van der Waals surface area contributed by atoms with Crippen LogP contribution in [0, 0.1) is 13.8 Å². The summed E-state index contributed by atoms with van der Waals surface area (Å²) in [5.74, 6) is 0.764. The number of aromatic nitrogens is 2. The number of hydrogen-bond donors (Lipinski definition) is 1. The quantitative estimate of drug-likeness (QED) is 0.689. The zero-order valence-electron chi connectivity index (χ0n) is 14.4. The van der Waals surface area contributed by atoms with Gasteiger partial charge >= 0.3 is 0 Å². The average molecular weight is 402 g/mol. The maximum absolute atomic E-state index is 12.5. The summed E-state index contributed by atoms with van der Waals surface area (Å²) in [4.78, 5) is 12.5. The highest BCUT2D eigenvalue weighted by molar-refractivity contribution is 9.10. The molecule has 0 radical (unpaired) electrons. The van der Waals surface area contributed by atoms with Crippen molar-refractivity contribution in [1.29, 1.82) is 0 Å². The summed E-state index contributed by atoms with van der Waals surface area (Å²) in [6.07, 6.45) is 3.56. The Morgan fingerprint density at radius 2 is 2.12 bits per heavy atom. The van der Waals surface area contributed by atoms with Crippen molar-refractivity contribution in [2.24, 2.45) is 0 Å². The third-order valence-electron chi connectivity index (χ3n) is 4.27. The molecule has 3 rings (SSSR count). The van der Waals surface area contributed by atoms with Gasteiger partial charge in [0.25, 0.3) is 5.91 Å². The van der Waals surface area contributed by atoms with E-state index in [0.29, 0.717) is 18.1 Å². The molecule has 1 aromatic carbocycles. The van der Waals surface area contributed by atoms with Gasteiger partial charge in [0.1, 0.15) is 5.76 Å². The van der Waals surface area contributed by atoms with Crippen LogP contribution in [0.4, 0.5) is 0 Å². The van der Waals surface area contributed by atoms with E-state index in [9.17, 15) is 4.79 Å². The van der Waals surface area contributed by atoms with Crippen molar-refractivity contribution in [3.05, 3.63) is 75.4 Å². The lowest BCUT2D eigenvalue weighted by molar-refractivity contribution is 0.0909. The van der Waals surface area contributed by atoms with Gasteiger partial charge in [0.05, 0.1) is 23.3 Å². The summed E-state index contributed by atoms with van der Waals surface area (Å²) in [5.41, 5.74) is 3.52. The van der Waals surface area contributed by atoms with Gasteiger partial charge in [-0.3, -0.25) is 9.48 Å². The topological polar surface area (TPSA) is 60.1 Å². The van der Waals surface area contributed by atoms with Crippen LogP contribution in [0.5, 0.6) is 0 Å². The third-order valence-corrected chi connectivity index (χ3v) is 4.68. The number of carbonyl (C=O) groups excluding carboxylic acids is 1. The number of furan rings is 1. The molecule has 1 unspecified atom stereocenters. The fraction of sp³-hybridized carbons (Fsp3) is 0.263. The van der Waals surface area contributed by atoms with Crippen LogP contribution in [0.25, 0.3) is 0 Å². The number of rotatable bonds is 5. The van der Waals surface area contributed by atoms with E-state index in [0.717, 1.165) is 10.0 Å². The van der Waals surface area contributed by atoms with E-state index < -0.39 is 0 Å². The first kappa shape index (κ1) is 17.5. The molecule has 0 saturated carbocycles. The van der Waals surface area contributed by atoms with E-state index in [1.807, 2.05) is 25.3 Å². The minimum absolute atomic E-state index is 0.0944. The molecule has 3 aromatic rings. The van der Waals surface area contributed by atoms with Gasteiger partial charge in [-0.05, 0) is 65.5 Å². The van der Waals surface area contributed by atoms with Crippen LogP contribution in [0.2, 0.25) is 0 Å². The Bertz CT molecular complexity index is 898. The van der Waals surface area contributed by atoms with Crippen LogP contribution in [0.15, 0.2) is 51.6 Å². The van der Waals surface area contributed by atoms with Crippen LogP contribution in [0.3, 0.4) is 0 Å². The number of carbonyl (C=O) groups is 1. The molecule has 1 atom stereocenters. The summed E-state index contributed by atoms with van der Waals surface area (Å²) in [6.45, 7) is 6.59. The molecule has 0 fully saturated rings. The van der Waals surface area contributed by atoms with E-state index in [1.165, 1.54) is 11.1 Å². The standard InChI is InChI=1S/C19H20BrN3O2/c1-12-5-4-6-17(13(12)2)14(3)22-19(24)18-8-7-16(25-18)11-23-10-15(20)9-21-23/h4-10,14H,11H2,1-3H3,(H,22,24). The lowest BCUT2D eigenvalue weighted by atomic mass is 9.98. The second kappa shape index (κ2) is 7.27. The molecule has 5 nitrogen and oxygen atoms in total. The molecule has 0 bridgehead atoms. The van der Waals surface area contributed by atoms with Crippen molar-refractivity contribution in [3.63, 3.8) is 0 Å². The molecule has 0 aliphatic rings. The van der Waals surface area contributed by atoms with E-state index >= 15 is 0 Å². The monoisotopic (exact) mass is 401 g/mol. The van der Waals surface area contributed by atoms with Crippen molar-refractivity contribution in [2.45, 2.75) is 33.4 Å². The molecule has 1 N–H and O–H groups in total. The molecule has 2 heterocycles. The first-order valence-corrected chi connectivity index (χ1v) is 8.87. The number of aryl methyl sites for hydroxylation is 1. The van der Waals surface area contributed by atoms with Crippen molar-refractivity contribution >= 4 is 21.8 Å². The van der Waals surface area contributed by atoms with Gasteiger partial charge in [-0.2, -0.15) is 5.10 Å². The molecular weight excluding hydrogens is 382 g/mol. The average Bonchev–Trinajstić information content (AvgIpc) is 3.19. The number of benzene rings is 1. The Balaban J connectivity index is 1.68. The lowest BCUT2D eigenvalue weighted by Gasteiger charge is -2.17. The predicted molar refractivity (Wildman–Crippen MR) is 99.5 cm³/mol. The Morgan fingerprint density at radius 1 is 1.32 bits per heavy atom. The Kier molecular flexibility index (Phi) is 5.08. The number of amides is 1. The molecule has 0 aliphatic carbocycles. The molecule has 6 heteroatoms. The highest BCUT2D eigenvalue weighted by Gasteiger charge is 2.17. The molecule has 1 amide bonds. The molecule has 2 aromatic heterocycles. The smallest absolute Gasteiger partial charge is 0.287 e. The molecule has 0 saturated heterocycles. The Hall–Kier alpha value is -2.34. The number of nitrogens with one attached hydrogen (secondary N) is 1. The van der Waals surface area contributed by atoms with E-state index in [1.54, 1.807) is 23.0 Å². The predicted octanol–water partition coefficient (Wildman–Crippen LogP) is 4.39. The number of hydrogen-bond acceptors (Lipinski definition) is 3. The van der Waals surface area contributed by atoms with Gasteiger partial charge in [0.2, 0.25) is 0 Å². The lowest BCUT2D eigenvalue weighted by Crippen LogP contribution is -2.26. The Morgan fingerprint density at radius 3 is 2.84 bits per heavy atom. The molecule has 25 heavy (non-hydrogen) atoms. The molecule has 0 aliphatic heterocycles. The maximum Gasteiger partial charge on any atom is 0.287 e. The highest BCUT2D eigenvalue weighted by Crippen LogP contribution is 2.21. The minimum Gasteiger partial charge on any atom is -0.454 e. The largest absolute Gasteiger partial charge is 0.454 e. The van der Waals surface area contributed by atoms with Gasteiger partial charge in [0, 0.05) is 6.20 Å². The molecule has 130 valence electrons. The zero-order chi connectivity index (χ0) is 18.0. The van der Waals surface area contributed by atoms with Gasteiger partial charge in [0.15, 0.2) is 5.76 Å². The Labute approximate surface area is 155 Å². The van der Waals surface area contributed by atoms with Gasteiger partial charge < -0.3 is 9.73 Å². The summed E-state index contributed by atoms with van der Waals surface area (Å²) in [5, 5.41) is 7.18. The van der Waals surface area contributed by atoms with Crippen LogP contribution < -0.4 is 5.32 Å². The van der Waals surface area contributed by atoms with Crippen LogP contribution >= 0.6 is 15.9 Å². The van der Waals surface area contributed by atoms with E-state index in [4.69, 9.17) is 4.42 Å². The minimum atomic E-state index is -0.221. The third kappa shape index (κ3) is 4.02. The molecular formula is C19H20BrN3O2. The highest BCUT2D eigenvalue weighted by atomic mass is 79.9. The normalized spacial score (nSPS) is 12.2.